The Morgan fingerprint density at radius 3 is 2.34 bits per heavy atom. The van der Waals surface area contributed by atoms with Crippen molar-refractivity contribution in [1.29, 1.82) is 0 Å². The molecule has 9 nitrogen and oxygen atoms in total. The molecule has 2 aromatic heterocycles. The fourth-order valence-corrected chi connectivity index (χ4v) is 5.34. The zero-order chi connectivity index (χ0) is 26.5. The number of hydrogen-bond donors (Lipinski definition) is 2. The summed E-state index contributed by atoms with van der Waals surface area (Å²) in [6.45, 7) is 1.45. The SMILES string of the molecule is NCC1(c2ccc(C(=O)N3CCC(O)(Cn4cnc5c(cnn5-c5ccc(F)cc5)c4=O)CC3)cc2)CC1. The van der Waals surface area contributed by atoms with Gasteiger partial charge in [-0.2, -0.15) is 5.10 Å². The van der Waals surface area contributed by atoms with E-state index in [1.165, 1.54) is 39.5 Å². The second-order valence-corrected chi connectivity index (χ2v) is 10.5. The van der Waals surface area contributed by atoms with Gasteiger partial charge in [-0.15, -0.1) is 0 Å². The lowest BCUT2D eigenvalue weighted by molar-refractivity contribution is -0.0299. The third-order valence-electron chi connectivity index (χ3n) is 8.06. The van der Waals surface area contributed by atoms with Crippen LogP contribution in [0.2, 0.25) is 0 Å². The standard InChI is InChI=1S/C28H29FN6O3/c29-21-5-7-22(8-6-21)35-24-23(15-32-35)26(37)34(18-31-24)17-28(38)11-13-33(14-12-28)25(36)19-1-3-20(4-2-19)27(16-30)9-10-27/h1-8,15,18,38H,9-14,16-17,30H2. The number of likely N-dealkylation sites (tertiary alicyclic amines) is 1. The summed E-state index contributed by atoms with van der Waals surface area (Å²) in [5.41, 5.74) is 7.29. The highest BCUT2D eigenvalue weighted by molar-refractivity contribution is 5.94. The molecule has 1 aliphatic heterocycles. The zero-order valence-electron chi connectivity index (χ0n) is 20.9. The van der Waals surface area contributed by atoms with Crippen molar-refractivity contribution in [2.75, 3.05) is 19.6 Å². The largest absolute Gasteiger partial charge is 0.388 e. The zero-order valence-corrected chi connectivity index (χ0v) is 20.9. The third-order valence-corrected chi connectivity index (χ3v) is 8.06. The van der Waals surface area contributed by atoms with Crippen molar-refractivity contribution in [2.45, 2.75) is 43.2 Å². The first kappa shape index (κ1) is 24.4. The maximum atomic E-state index is 13.3. The Hall–Kier alpha value is -3.89. The van der Waals surface area contributed by atoms with Crippen molar-refractivity contribution in [1.82, 2.24) is 24.2 Å². The van der Waals surface area contributed by atoms with E-state index in [1.54, 1.807) is 17.0 Å². The normalized spacial score (nSPS) is 18.0. The summed E-state index contributed by atoms with van der Waals surface area (Å²) in [6.07, 6.45) is 5.68. The van der Waals surface area contributed by atoms with Gasteiger partial charge < -0.3 is 15.7 Å². The molecular weight excluding hydrogens is 487 g/mol. The Kier molecular flexibility index (Phi) is 5.88. The molecule has 0 atom stereocenters. The van der Waals surface area contributed by atoms with Crippen molar-refractivity contribution >= 4 is 16.9 Å². The molecule has 10 heteroatoms. The fourth-order valence-electron chi connectivity index (χ4n) is 5.34. The number of hydrogen-bond acceptors (Lipinski definition) is 6. The second kappa shape index (κ2) is 9.14. The van der Waals surface area contributed by atoms with Gasteiger partial charge in [0, 0.05) is 30.6 Å². The molecular formula is C28H29FN6O3. The lowest BCUT2D eigenvalue weighted by Gasteiger charge is -2.38. The lowest BCUT2D eigenvalue weighted by atomic mass is 9.90. The van der Waals surface area contributed by atoms with Gasteiger partial charge in [0.2, 0.25) is 0 Å². The first-order valence-electron chi connectivity index (χ1n) is 12.8. The molecule has 3 N–H and O–H groups in total. The van der Waals surface area contributed by atoms with Crippen LogP contribution in [-0.4, -0.2) is 60.5 Å². The minimum Gasteiger partial charge on any atom is -0.388 e. The summed E-state index contributed by atoms with van der Waals surface area (Å²) in [4.78, 5) is 32.4. The maximum absolute atomic E-state index is 13.3. The molecule has 3 heterocycles. The van der Waals surface area contributed by atoms with Crippen molar-refractivity contribution in [3.63, 3.8) is 0 Å². The van der Waals surface area contributed by atoms with Gasteiger partial charge in [0.25, 0.3) is 11.5 Å². The van der Waals surface area contributed by atoms with Crippen LogP contribution in [0.5, 0.6) is 0 Å². The molecule has 1 amide bonds. The molecule has 1 aliphatic carbocycles. The third kappa shape index (κ3) is 4.29. The second-order valence-electron chi connectivity index (χ2n) is 10.5. The van der Waals surface area contributed by atoms with Crippen LogP contribution in [-0.2, 0) is 12.0 Å². The van der Waals surface area contributed by atoms with E-state index in [2.05, 4.69) is 10.1 Å². The van der Waals surface area contributed by atoms with Crippen LogP contribution < -0.4 is 11.3 Å². The molecule has 6 rings (SSSR count). The quantitative estimate of drug-likeness (QED) is 0.406. The van der Waals surface area contributed by atoms with E-state index in [-0.39, 0.29) is 29.2 Å². The number of aliphatic hydroxyl groups is 1. The molecule has 2 fully saturated rings. The first-order valence-corrected chi connectivity index (χ1v) is 12.8. The van der Waals surface area contributed by atoms with Gasteiger partial charge in [-0.3, -0.25) is 14.2 Å². The van der Waals surface area contributed by atoms with Gasteiger partial charge in [0.05, 0.1) is 24.0 Å². The number of nitrogens with zero attached hydrogens (tertiary/aromatic N) is 5. The number of carbonyl (C=O) groups excluding carboxylic acids is 1. The lowest BCUT2D eigenvalue weighted by Crippen LogP contribution is -2.49. The van der Waals surface area contributed by atoms with Crippen molar-refractivity contribution in [3.05, 3.63) is 88.4 Å². The van der Waals surface area contributed by atoms with E-state index in [4.69, 9.17) is 5.73 Å². The van der Waals surface area contributed by atoms with Gasteiger partial charge in [-0.1, -0.05) is 12.1 Å². The Labute approximate surface area is 218 Å². The number of benzene rings is 2. The molecule has 1 saturated heterocycles. The number of piperidine rings is 1. The number of aromatic nitrogens is 4. The van der Waals surface area contributed by atoms with E-state index in [0.717, 1.165) is 12.8 Å². The van der Waals surface area contributed by atoms with Crippen LogP contribution in [0.25, 0.3) is 16.7 Å². The van der Waals surface area contributed by atoms with Gasteiger partial charge >= 0.3 is 0 Å². The molecule has 2 aliphatic rings. The van der Waals surface area contributed by atoms with E-state index in [0.29, 0.717) is 54.8 Å². The van der Waals surface area contributed by atoms with Crippen LogP contribution in [0.1, 0.15) is 41.6 Å². The first-order chi connectivity index (χ1) is 18.3. The average Bonchev–Trinajstić information content (AvgIpc) is 3.62. The minimum atomic E-state index is -1.15. The summed E-state index contributed by atoms with van der Waals surface area (Å²) in [7, 11) is 0. The van der Waals surface area contributed by atoms with E-state index >= 15 is 0 Å². The van der Waals surface area contributed by atoms with E-state index in [9.17, 15) is 19.1 Å². The van der Waals surface area contributed by atoms with Gasteiger partial charge in [0.1, 0.15) is 17.5 Å². The predicted molar refractivity (Wildman–Crippen MR) is 140 cm³/mol. The number of fused-ring (bicyclic) bond motifs is 1. The number of halogens is 1. The van der Waals surface area contributed by atoms with Gasteiger partial charge in [-0.25, -0.2) is 14.1 Å². The monoisotopic (exact) mass is 516 g/mol. The number of carbonyl (C=O) groups is 1. The van der Waals surface area contributed by atoms with E-state index < -0.39 is 5.60 Å². The maximum Gasteiger partial charge on any atom is 0.264 e. The summed E-state index contributed by atoms with van der Waals surface area (Å²) in [6, 6.07) is 13.5. The topological polar surface area (TPSA) is 119 Å². The summed E-state index contributed by atoms with van der Waals surface area (Å²) < 4.78 is 16.2. The highest BCUT2D eigenvalue weighted by Crippen LogP contribution is 2.47. The molecule has 2 aromatic carbocycles. The minimum absolute atomic E-state index is 0.0639. The highest BCUT2D eigenvalue weighted by atomic mass is 19.1. The van der Waals surface area contributed by atoms with Crippen molar-refractivity contribution < 1.29 is 14.3 Å². The Morgan fingerprint density at radius 2 is 1.71 bits per heavy atom. The van der Waals surface area contributed by atoms with Crippen molar-refractivity contribution in [3.8, 4) is 5.69 Å². The molecule has 1 saturated carbocycles. The molecule has 0 unspecified atom stereocenters. The molecule has 0 bridgehead atoms. The predicted octanol–water partition coefficient (Wildman–Crippen LogP) is 2.38. The Balaban J connectivity index is 1.13. The summed E-state index contributed by atoms with van der Waals surface area (Å²) in [5, 5.41) is 15.8. The van der Waals surface area contributed by atoms with Gasteiger partial charge in [-0.05, 0) is 67.6 Å². The van der Waals surface area contributed by atoms with Crippen molar-refractivity contribution in [2.24, 2.45) is 5.73 Å². The summed E-state index contributed by atoms with van der Waals surface area (Å²) in [5.74, 6) is -0.432. The fraction of sp³-hybridized carbons (Fsp3) is 0.357. The molecule has 0 spiro atoms. The molecule has 4 aromatic rings. The number of amides is 1. The molecule has 0 radical (unpaired) electrons. The van der Waals surface area contributed by atoms with Gasteiger partial charge in [0.15, 0.2) is 5.65 Å². The van der Waals surface area contributed by atoms with Crippen LogP contribution >= 0.6 is 0 Å². The van der Waals surface area contributed by atoms with Crippen LogP contribution in [0.4, 0.5) is 4.39 Å². The number of nitrogens with two attached hydrogens (primary N) is 1. The van der Waals surface area contributed by atoms with E-state index in [1.807, 2.05) is 24.3 Å². The summed E-state index contributed by atoms with van der Waals surface area (Å²) >= 11 is 0. The average molecular weight is 517 g/mol. The Bertz CT molecular complexity index is 1550. The Morgan fingerprint density at radius 1 is 1.03 bits per heavy atom. The molecule has 38 heavy (non-hydrogen) atoms. The van der Waals surface area contributed by atoms with Crippen LogP contribution in [0, 0.1) is 5.82 Å². The number of rotatable bonds is 6. The smallest absolute Gasteiger partial charge is 0.264 e. The highest BCUT2D eigenvalue weighted by Gasteiger charge is 2.43. The van der Waals surface area contributed by atoms with Crippen LogP contribution in [0.15, 0.2) is 65.8 Å². The molecule has 196 valence electrons. The van der Waals surface area contributed by atoms with Crippen LogP contribution in [0.3, 0.4) is 0 Å².